The summed E-state index contributed by atoms with van der Waals surface area (Å²) in [6, 6.07) is 19.3. The van der Waals surface area contributed by atoms with Gasteiger partial charge in [0.15, 0.2) is 0 Å². The standard InChI is InChI=1S/C31H30F3NO4/c1-38-28-15-19(13-14-27(28)31(32,33)34)30(37)16-20-7-6-8-21(17-30)35(20)29(36)39-18-26-24-11-4-2-9-22(24)23-10-3-5-12-25(23)26/h2-5,9-15,20-21,26,37H,6-8,16-18H2,1H3. The van der Waals surface area contributed by atoms with E-state index in [9.17, 15) is 23.1 Å². The summed E-state index contributed by atoms with van der Waals surface area (Å²) < 4.78 is 51.1. The highest BCUT2D eigenvalue weighted by atomic mass is 19.4. The first-order chi connectivity index (χ1) is 18.7. The molecule has 3 aliphatic rings. The van der Waals surface area contributed by atoms with Gasteiger partial charge in [-0.3, -0.25) is 0 Å². The maximum atomic E-state index is 13.5. The van der Waals surface area contributed by atoms with Gasteiger partial charge in [0.1, 0.15) is 12.4 Å². The Labute approximate surface area is 225 Å². The Kier molecular flexibility index (Phi) is 6.33. The van der Waals surface area contributed by atoms with E-state index in [1.165, 1.54) is 19.2 Å². The van der Waals surface area contributed by atoms with Crippen molar-refractivity contribution in [1.29, 1.82) is 0 Å². The molecule has 8 heteroatoms. The van der Waals surface area contributed by atoms with Crippen LogP contribution < -0.4 is 4.74 Å². The molecule has 2 saturated heterocycles. The molecule has 0 radical (unpaired) electrons. The molecule has 0 spiro atoms. The van der Waals surface area contributed by atoms with Gasteiger partial charge >= 0.3 is 12.3 Å². The fourth-order valence-electron chi connectivity index (χ4n) is 6.85. The highest BCUT2D eigenvalue weighted by Crippen LogP contribution is 2.48. The zero-order valence-electron chi connectivity index (χ0n) is 21.6. The van der Waals surface area contributed by atoms with Gasteiger partial charge in [0.05, 0.1) is 18.3 Å². The van der Waals surface area contributed by atoms with Gasteiger partial charge in [0.25, 0.3) is 0 Å². The minimum absolute atomic E-state index is 0.0532. The molecule has 1 aliphatic carbocycles. The SMILES string of the molecule is COc1cc(C2(O)CC3CCCC(C2)N3C(=O)OCC2c3ccccc3-c3ccccc32)ccc1C(F)(F)F. The minimum Gasteiger partial charge on any atom is -0.496 e. The van der Waals surface area contributed by atoms with Crippen LogP contribution in [0.1, 0.15) is 60.3 Å². The molecule has 1 amide bonds. The van der Waals surface area contributed by atoms with Crippen molar-refractivity contribution in [2.45, 2.75) is 61.9 Å². The summed E-state index contributed by atoms with van der Waals surface area (Å²) in [5, 5.41) is 11.7. The molecule has 0 aromatic heterocycles. The fourth-order valence-corrected chi connectivity index (χ4v) is 6.85. The lowest BCUT2D eigenvalue weighted by Gasteiger charge is -2.51. The smallest absolute Gasteiger partial charge is 0.419 e. The number of nitrogens with zero attached hydrogens (tertiary/aromatic N) is 1. The van der Waals surface area contributed by atoms with Crippen molar-refractivity contribution in [2.75, 3.05) is 13.7 Å². The molecule has 2 unspecified atom stereocenters. The topological polar surface area (TPSA) is 59.0 Å². The number of carbonyl (C=O) groups is 1. The average molecular weight is 538 g/mol. The van der Waals surface area contributed by atoms with E-state index in [1.54, 1.807) is 4.90 Å². The van der Waals surface area contributed by atoms with Crippen LogP contribution in [0.5, 0.6) is 5.75 Å². The Bertz CT molecular complexity index is 1350. The first-order valence-corrected chi connectivity index (χ1v) is 13.3. The number of methoxy groups -OCH3 is 1. The Morgan fingerprint density at radius 1 is 0.974 bits per heavy atom. The number of fused-ring (bicyclic) bond motifs is 5. The molecule has 3 aromatic carbocycles. The molecular weight excluding hydrogens is 507 g/mol. The molecule has 6 rings (SSSR count). The Morgan fingerprint density at radius 2 is 1.56 bits per heavy atom. The van der Waals surface area contributed by atoms with Gasteiger partial charge in [-0.15, -0.1) is 0 Å². The quantitative estimate of drug-likeness (QED) is 0.395. The Morgan fingerprint density at radius 3 is 2.13 bits per heavy atom. The third-order valence-electron chi connectivity index (χ3n) is 8.60. The summed E-state index contributed by atoms with van der Waals surface area (Å²) in [4.78, 5) is 15.2. The van der Waals surface area contributed by atoms with Crippen molar-refractivity contribution in [2.24, 2.45) is 0 Å². The van der Waals surface area contributed by atoms with Gasteiger partial charge in [-0.2, -0.15) is 13.2 Å². The van der Waals surface area contributed by atoms with E-state index in [1.807, 2.05) is 24.3 Å². The van der Waals surface area contributed by atoms with Gasteiger partial charge in [-0.1, -0.05) is 54.6 Å². The van der Waals surface area contributed by atoms with Crippen molar-refractivity contribution >= 4 is 6.09 Å². The molecular formula is C31H30F3NO4. The monoisotopic (exact) mass is 537 g/mol. The molecule has 1 N–H and O–H groups in total. The first kappa shape index (κ1) is 25.7. The number of benzene rings is 3. The summed E-state index contributed by atoms with van der Waals surface area (Å²) in [6.07, 6.45) is -2.21. The number of rotatable bonds is 4. The zero-order valence-corrected chi connectivity index (χ0v) is 21.6. The van der Waals surface area contributed by atoms with Crippen LogP contribution in [0.3, 0.4) is 0 Å². The van der Waals surface area contributed by atoms with Gasteiger partial charge in [0.2, 0.25) is 0 Å². The second kappa shape index (κ2) is 9.59. The van der Waals surface area contributed by atoms with E-state index in [-0.39, 0.29) is 43.2 Å². The van der Waals surface area contributed by atoms with E-state index in [0.29, 0.717) is 18.4 Å². The van der Waals surface area contributed by atoms with Crippen molar-refractivity contribution in [3.05, 3.63) is 89.0 Å². The van der Waals surface area contributed by atoms with Gasteiger partial charge < -0.3 is 19.5 Å². The summed E-state index contributed by atoms with van der Waals surface area (Å²) in [7, 11) is 1.19. The molecule has 2 aliphatic heterocycles. The van der Waals surface area contributed by atoms with Gasteiger partial charge in [-0.25, -0.2) is 4.79 Å². The number of piperidine rings is 2. The normalized spacial score (nSPS) is 24.2. The summed E-state index contributed by atoms with van der Waals surface area (Å²) in [6.45, 7) is 0.211. The number of alkyl halides is 3. The van der Waals surface area contributed by atoms with Gasteiger partial charge in [-0.05, 0) is 59.2 Å². The van der Waals surface area contributed by atoms with Gasteiger partial charge in [0, 0.05) is 30.8 Å². The average Bonchev–Trinajstić information content (AvgIpc) is 3.24. The van der Waals surface area contributed by atoms with Crippen molar-refractivity contribution in [3.63, 3.8) is 0 Å². The van der Waals surface area contributed by atoms with E-state index in [2.05, 4.69) is 24.3 Å². The molecule has 2 atom stereocenters. The largest absolute Gasteiger partial charge is 0.496 e. The van der Waals surface area contributed by atoms with E-state index in [4.69, 9.17) is 9.47 Å². The Balaban J connectivity index is 1.20. The predicted octanol–water partition coefficient (Wildman–Crippen LogP) is 6.87. The lowest BCUT2D eigenvalue weighted by atomic mass is 9.72. The molecule has 2 bridgehead atoms. The first-order valence-electron chi connectivity index (χ1n) is 13.3. The number of ether oxygens (including phenoxy) is 2. The summed E-state index contributed by atoms with van der Waals surface area (Å²) in [5.74, 6) is -0.375. The highest BCUT2D eigenvalue weighted by molar-refractivity contribution is 5.79. The molecule has 3 aromatic rings. The lowest BCUT2D eigenvalue weighted by molar-refractivity contribution is -0.139. The third-order valence-corrected chi connectivity index (χ3v) is 8.60. The fraction of sp³-hybridized carbons (Fsp3) is 0.387. The zero-order chi connectivity index (χ0) is 27.4. The van der Waals surface area contributed by atoms with Crippen LogP contribution in [0.25, 0.3) is 11.1 Å². The maximum Gasteiger partial charge on any atom is 0.419 e. The van der Waals surface area contributed by atoms with Crippen LogP contribution in [-0.2, 0) is 16.5 Å². The second-order valence-electron chi connectivity index (χ2n) is 10.8. The number of halogens is 3. The summed E-state index contributed by atoms with van der Waals surface area (Å²) in [5.41, 5.74) is 2.70. The van der Waals surface area contributed by atoms with Crippen LogP contribution in [0.15, 0.2) is 66.7 Å². The molecule has 0 saturated carbocycles. The Hall–Kier alpha value is -3.52. The van der Waals surface area contributed by atoms with Crippen molar-refractivity contribution in [1.82, 2.24) is 4.90 Å². The van der Waals surface area contributed by atoms with Crippen LogP contribution in [0, 0.1) is 0 Å². The van der Waals surface area contributed by atoms with Crippen LogP contribution in [-0.4, -0.2) is 41.9 Å². The number of hydrogen-bond acceptors (Lipinski definition) is 4. The molecule has 5 nitrogen and oxygen atoms in total. The number of carbonyl (C=O) groups excluding carboxylic acids is 1. The molecule has 39 heavy (non-hydrogen) atoms. The molecule has 2 heterocycles. The molecule has 204 valence electrons. The maximum absolute atomic E-state index is 13.5. The highest BCUT2D eigenvalue weighted by Gasteiger charge is 2.49. The van der Waals surface area contributed by atoms with E-state index < -0.39 is 23.4 Å². The lowest BCUT2D eigenvalue weighted by Crippen LogP contribution is -2.59. The summed E-state index contributed by atoms with van der Waals surface area (Å²) >= 11 is 0. The third kappa shape index (κ3) is 4.44. The number of hydrogen-bond donors (Lipinski definition) is 1. The van der Waals surface area contributed by atoms with Crippen molar-refractivity contribution < 1.29 is 32.5 Å². The molecule has 2 fully saturated rings. The van der Waals surface area contributed by atoms with E-state index >= 15 is 0 Å². The van der Waals surface area contributed by atoms with Crippen LogP contribution in [0.4, 0.5) is 18.0 Å². The number of aliphatic hydroxyl groups is 1. The minimum atomic E-state index is -4.56. The van der Waals surface area contributed by atoms with E-state index in [0.717, 1.165) is 34.7 Å². The van der Waals surface area contributed by atoms with Crippen LogP contribution in [0.2, 0.25) is 0 Å². The second-order valence-corrected chi connectivity index (χ2v) is 10.8. The number of amides is 1. The van der Waals surface area contributed by atoms with Crippen LogP contribution >= 0.6 is 0 Å². The van der Waals surface area contributed by atoms with Crippen molar-refractivity contribution in [3.8, 4) is 16.9 Å². The predicted molar refractivity (Wildman–Crippen MR) is 139 cm³/mol.